The van der Waals surface area contributed by atoms with Crippen molar-refractivity contribution in [3.05, 3.63) is 74.0 Å². The number of nitrogens with one attached hydrogen (secondary N) is 2. The van der Waals surface area contributed by atoms with E-state index in [4.69, 9.17) is 16.0 Å². The number of hydrogen-bond acceptors (Lipinski definition) is 5. The average Bonchev–Trinajstić information content (AvgIpc) is 3.24. The summed E-state index contributed by atoms with van der Waals surface area (Å²) in [4.78, 5) is 30.6. The molecule has 0 unspecified atom stereocenters. The maximum Gasteiger partial charge on any atom is 0.417 e. The molecule has 0 aliphatic heterocycles. The van der Waals surface area contributed by atoms with E-state index in [1.165, 1.54) is 11.3 Å². The molecule has 2 aromatic heterocycles. The fourth-order valence-corrected chi connectivity index (χ4v) is 3.49. The SMILES string of the molecule is O=C(NCc1nc(-c2ccc3[nH]c(=O)oc3c2)cs1)c1ccccc1Cl. The highest BCUT2D eigenvalue weighted by Gasteiger charge is 2.11. The average molecular weight is 386 g/mol. The van der Waals surface area contributed by atoms with Gasteiger partial charge in [0, 0.05) is 10.9 Å². The number of carbonyl (C=O) groups is 1. The smallest absolute Gasteiger partial charge is 0.408 e. The number of oxazole rings is 1. The number of benzene rings is 2. The summed E-state index contributed by atoms with van der Waals surface area (Å²) in [7, 11) is 0. The maximum atomic E-state index is 12.2. The number of hydrogen-bond donors (Lipinski definition) is 2. The van der Waals surface area contributed by atoms with E-state index in [1.54, 1.807) is 36.4 Å². The quantitative estimate of drug-likeness (QED) is 0.558. The third kappa shape index (κ3) is 3.26. The van der Waals surface area contributed by atoms with Crippen LogP contribution in [0, 0.1) is 0 Å². The number of aromatic nitrogens is 2. The van der Waals surface area contributed by atoms with Crippen LogP contribution in [0.15, 0.2) is 57.1 Å². The molecule has 0 saturated carbocycles. The topological polar surface area (TPSA) is 88.0 Å². The Morgan fingerprint density at radius 2 is 2.12 bits per heavy atom. The van der Waals surface area contributed by atoms with Crippen molar-refractivity contribution < 1.29 is 9.21 Å². The van der Waals surface area contributed by atoms with Gasteiger partial charge in [-0.1, -0.05) is 29.8 Å². The predicted molar refractivity (Wildman–Crippen MR) is 101 cm³/mol. The molecular weight excluding hydrogens is 374 g/mol. The Morgan fingerprint density at radius 3 is 2.96 bits per heavy atom. The van der Waals surface area contributed by atoms with Crippen molar-refractivity contribution in [2.75, 3.05) is 0 Å². The Kier molecular flexibility index (Phi) is 4.32. The molecular formula is C18H12ClN3O3S. The van der Waals surface area contributed by atoms with Crippen LogP contribution in [-0.2, 0) is 6.54 Å². The first-order chi connectivity index (χ1) is 12.6. The van der Waals surface area contributed by atoms with E-state index in [2.05, 4.69) is 15.3 Å². The third-order valence-corrected chi connectivity index (χ3v) is 4.97. The molecule has 2 heterocycles. The molecule has 0 bridgehead atoms. The van der Waals surface area contributed by atoms with Crippen molar-refractivity contribution in [3.8, 4) is 11.3 Å². The highest BCUT2D eigenvalue weighted by molar-refractivity contribution is 7.09. The molecule has 0 saturated heterocycles. The van der Waals surface area contributed by atoms with Crippen molar-refractivity contribution in [2.24, 2.45) is 0 Å². The lowest BCUT2D eigenvalue weighted by molar-refractivity contribution is 0.0951. The predicted octanol–water partition coefficient (Wildman–Crippen LogP) is 3.83. The third-order valence-electron chi connectivity index (χ3n) is 3.79. The van der Waals surface area contributed by atoms with Gasteiger partial charge in [0.15, 0.2) is 5.58 Å². The van der Waals surface area contributed by atoms with E-state index in [9.17, 15) is 9.59 Å². The van der Waals surface area contributed by atoms with Gasteiger partial charge in [-0.2, -0.15) is 0 Å². The molecule has 8 heteroatoms. The second kappa shape index (κ2) is 6.78. The fraction of sp³-hybridized carbons (Fsp3) is 0.0556. The van der Waals surface area contributed by atoms with E-state index in [-0.39, 0.29) is 5.91 Å². The second-order valence-electron chi connectivity index (χ2n) is 5.51. The minimum absolute atomic E-state index is 0.247. The van der Waals surface area contributed by atoms with Crippen molar-refractivity contribution in [1.29, 1.82) is 0 Å². The zero-order valence-corrected chi connectivity index (χ0v) is 14.9. The summed E-state index contributed by atoms with van der Waals surface area (Å²) >= 11 is 7.46. The van der Waals surface area contributed by atoms with Crippen LogP contribution in [0.5, 0.6) is 0 Å². The van der Waals surface area contributed by atoms with Crippen LogP contribution < -0.4 is 11.1 Å². The monoisotopic (exact) mass is 385 g/mol. The molecule has 0 radical (unpaired) electrons. The standard InChI is InChI=1S/C18H12ClN3O3S/c19-12-4-2-1-3-11(12)17(23)20-8-16-21-14(9-26-16)10-5-6-13-15(7-10)25-18(24)22-13/h1-7,9H,8H2,(H,20,23)(H,22,24). The molecule has 0 aliphatic rings. The highest BCUT2D eigenvalue weighted by atomic mass is 35.5. The number of aromatic amines is 1. The molecule has 4 aromatic rings. The first kappa shape index (κ1) is 16.6. The lowest BCUT2D eigenvalue weighted by Gasteiger charge is -2.04. The van der Waals surface area contributed by atoms with Crippen LogP contribution in [0.2, 0.25) is 5.02 Å². The van der Waals surface area contributed by atoms with Crippen LogP contribution in [0.25, 0.3) is 22.4 Å². The summed E-state index contributed by atoms with van der Waals surface area (Å²) in [6.45, 7) is 0.302. The van der Waals surface area contributed by atoms with Crippen molar-refractivity contribution in [2.45, 2.75) is 6.54 Å². The zero-order chi connectivity index (χ0) is 18.1. The molecule has 0 atom stereocenters. The Morgan fingerprint density at radius 1 is 1.27 bits per heavy atom. The molecule has 4 rings (SSSR count). The van der Waals surface area contributed by atoms with Gasteiger partial charge in [-0.05, 0) is 24.3 Å². The summed E-state index contributed by atoms with van der Waals surface area (Å²) in [5.41, 5.74) is 3.14. The van der Waals surface area contributed by atoms with Gasteiger partial charge in [0.1, 0.15) is 5.01 Å². The van der Waals surface area contributed by atoms with Crippen molar-refractivity contribution >= 4 is 39.9 Å². The number of H-pyrrole nitrogens is 1. The van der Waals surface area contributed by atoms with Crippen molar-refractivity contribution in [1.82, 2.24) is 15.3 Å². The largest absolute Gasteiger partial charge is 0.417 e. The van der Waals surface area contributed by atoms with Crippen LogP contribution >= 0.6 is 22.9 Å². The van der Waals surface area contributed by atoms with Gasteiger partial charge < -0.3 is 9.73 Å². The number of thiazole rings is 1. The van der Waals surface area contributed by atoms with E-state index in [1.807, 2.05) is 11.4 Å². The van der Waals surface area contributed by atoms with Crippen LogP contribution in [0.1, 0.15) is 15.4 Å². The summed E-state index contributed by atoms with van der Waals surface area (Å²) in [6.07, 6.45) is 0. The summed E-state index contributed by atoms with van der Waals surface area (Å²) in [6, 6.07) is 12.3. The number of nitrogens with zero attached hydrogens (tertiary/aromatic N) is 1. The minimum atomic E-state index is -0.488. The van der Waals surface area contributed by atoms with Crippen LogP contribution in [0.4, 0.5) is 0 Å². The van der Waals surface area contributed by atoms with Crippen molar-refractivity contribution in [3.63, 3.8) is 0 Å². The van der Waals surface area contributed by atoms with Gasteiger partial charge in [0.05, 0.1) is 28.3 Å². The van der Waals surface area contributed by atoms with Crippen LogP contribution in [-0.4, -0.2) is 15.9 Å². The molecule has 6 nitrogen and oxygen atoms in total. The number of carbonyl (C=O) groups excluding carboxylic acids is 1. The minimum Gasteiger partial charge on any atom is -0.408 e. The van der Waals surface area contributed by atoms with E-state index in [0.29, 0.717) is 28.2 Å². The molecule has 26 heavy (non-hydrogen) atoms. The fourth-order valence-electron chi connectivity index (χ4n) is 2.53. The van der Waals surface area contributed by atoms with E-state index >= 15 is 0 Å². The number of amides is 1. The molecule has 1 amide bonds. The Labute approximate surface area is 156 Å². The van der Waals surface area contributed by atoms with E-state index < -0.39 is 5.76 Å². The summed E-state index contributed by atoms with van der Waals surface area (Å²) in [5.74, 6) is -0.735. The summed E-state index contributed by atoms with van der Waals surface area (Å²) in [5, 5.41) is 5.87. The first-order valence-corrected chi connectivity index (χ1v) is 8.96. The molecule has 130 valence electrons. The van der Waals surface area contributed by atoms with Gasteiger partial charge in [-0.3, -0.25) is 9.78 Å². The van der Waals surface area contributed by atoms with Gasteiger partial charge in [0.25, 0.3) is 5.91 Å². The van der Waals surface area contributed by atoms with Gasteiger partial charge in [0.2, 0.25) is 0 Å². The number of fused-ring (bicyclic) bond motifs is 1. The lowest BCUT2D eigenvalue weighted by Crippen LogP contribution is -2.22. The molecule has 0 spiro atoms. The first-order valence-electron chi connectivity index (χ1n) is 7.70. The van der Waals surface area contributed by atoms with Gasteiger partial charge >= 0.3 is 5.76 Å². The van der Waals surface area contributed by atoms with Crippen LogP contribution in [0.3, 0.4) is 0 Å². The molecule has 2 N–H and O–H groups in total. The number of halogens is 1. The maximum absolute atomic E-state index is 12.2. The summed E-state index contributed by atoms with van der Waals surface area (Å²) < 4.78 is 5.07. The molecule has 2 aromatic carbocycles. The molecule has 0 fully saturated rings. The molecule has 0 aliphatic carbocycles. The number of rotatable bonds is 4. The van der Waals surface area contributed by atoms with Gasteiger partial charge in [-0.15, -0.1) is 11.3 Å². The van der Waals surface area contributed by atoms with Gasteiger partial charge in [-0.25, -0.2) is 9.78 Å². The normalized spacial score (nSPS) is 11.0. The Hall–Kier alpha value is -2.90. The second-order valence-corrected chi connectivity index (χ2v) is 6.86. The zero-order valence-electron chi connectivity index (χ0n) is 13.3. The Bertz CT molecular complexity index is 1160. The highest BCUT2D eigenvalue weighted by Crippen LogP contribution is 2.25. The Balaban J connectivity index is 1.49. The lowest BCUT2D eigenvalue weighted by atomic mass is 10.1. The van der Waals surface area contributed by atoms with E-state index in [0.717, 1.165) is 16.3 Å².